The van der Waals surface area contributed by atoms with E-state index in [0.717, 1.165) is 23.2 Å². The van der Waals surface area contributed by atoms with Crippen LogP contribution in [-0.4, -0.2) is 53.6 Å². The number of ether oxygens (including phenoxy) is 3. The first-order valence-corrected chi connectivity index (χ1v) is 10.8. The molecule has 0 radical (unpaired) electrons. The van der Waals surface area contributed by atoms with Gasteiger partial charge in [-0.25, -0.2) is 4.79 Å². The average molecular weight is 441 g/mol. The Morgan fingerprint density at radius 3 is 2.75 bits per heavy atom. The minimum absolute atomic E-state index is 0.0147. The molecular formula is C24H27NO7. The highest BCUT2D eigenvalue weighted by Crippen LogP contribution is 2.32. The Morgan fingerprint density at radius 1 is 1.16 bits per heavy atom. The Balaban J connectivity index is 1.31. The number of carboxylic acid groups (broad SMARTS) is 1. The van der Waals surface area contributed by atoms with Crippen LogP contribution in [0.3, 0.4) is 0 Å². The summed E-state index contributed by atoms with van der Waals surface area (Å²) in [5.74, 6) is 0.217. The summed E-state index contributed by atoms with van der Waals surface area (Å²) < 4.78 is 17.0. The summed E-state index contributed by atoms with van der Waals surface area (Å²) in [6, 6.07) is 12.6. The summed E-state index contributed by atoms with van der Waals surface area (Å²) >= 11 is 0. The van der Waals surface area contributed by atoms with Crippen molar-refractivity contribution in [1.82, 2.24) is 0 Å². The molecular weight excluding hydrogens is 414 g/mol. The molecule has 1 fully saturated rings. The fourth-order valence-electron chi connectivity index (χ4n) is 4.11. The molecule has 8 heteroatoms. The van der Waals surface area contributed by atoms with Crippen molar-refractivity contribution in [3.05, 3.63) is 53.6 Å². The van der Waals surface area contributed by atoms with E-state index in [9.17, 15) is 19.8 Å². The van der Waals surface area contributed by atoms with Gasteiger partial charge in [0.05, 0.1) is 0 Å². The number of aliphatic hydroxyl groups excluding tert-OH is 1. The molecule has 2 aromatic rings. The molecule has 2 heterocycles. The quantitative estimate of drug-likeness (QED) is 0.548. The fraction of sp³-hybridized carbons (Fsp3) is 0.417. The van der Waals surface area contributed by atoms with E-state index in [1.54, 1.807) is 24.3 Å². The lowest BCUT2D eigenvalue weighted by Crippen LogP contribution is -2.40. The van der Waals surface area contributed by atoms with Crippen molar-refractivity contribution < 1.29 is 34.0 Å². The van der Waals surface area contributed by atoms with E-state index in [1.165, 1.54) is 0 Å². The van der Waals surface area contributed by atoms with Crippen LogP contribution < -0.4 is 14.8 Å². The van der Waals surface area contributed by atoms with Gasteiger partial charge in [-0.05, 0) is 49.1 Å². The van der Waals surface area contributed by atoms with Gasteiger partial charge in [-0.1, -0.05) is 18.2 Å². The van der Waals surface area contributed by atoms with Gasteiger partial charge in [0.1, 0.15) is 30.8 Å². The van der Waals surface area contributed by atoms with Crippen LogP contribution in [-0.2, 0) is 27.2 Å². The Bertz CT molecular complexity index is 984. The van der Waals surface area contributed by atoms with E-state index in [2.05, 4.69) is 5.32 Å². The monoisotopic (exact) mass is 441 g/mol. The third kappa shape index (κ3) is 5.03. The molecule has 2 aliphatic heterocycles. The molecule has 4 rings (SSSR count). The van der Waals surface area contributed by atoms with Gasteiger partial charge in [0.15, 0.2) is 5.60 Å². The number of aliphatic hydroxyl groups is 1. The lowest BCUT2D eigenvalue weighted by Gasteiger charge is -2.23. The molecule has 0 spiro atoms. The smallest absolute Gasteiger partial charge is 0.336 e. The second kappa shape index (κ2) is 9.58. The van der Waals surface area contributed by atoms with Crippen LogP contribution in [0.4, 0.5) is 5.69 Å². The van der Waals surface area contributed by atoms with Crippen LogP contribution in [0.5, 0.6) is 11.5 Å². The van der Waals surface area contributed by atoms with Crippen LogP contribution in [0.15, 0.2) is 42.5 Å². The summed E-state index contributed by atoms with van der Waals surface area (Å²) in [5, 5.41) is 22.7. The summed E-state index contributed by atoms with van der Waals surface area (Å²) in [5.41, 5.74) is 1.29. The predicted octanol–water partition coefficient (Wildman–Crippen LogP) is 2.57. The van der Waals surface area contributed by atoms with Gasteiger partial charge in [0, 0.05) is 30.7 Å². The van der Waals surface area contributed by atoms with Crippen molar-refractivity contribution in [2.45, 2.75) is 43.8 Å². The zero-order valence-corrected chi connectivity index (χ0v) is 17.7. The summed E-state index contributed by atoms with van der Waals surface area (Å²) in [4.78, 5) is 23.2. The molecule has 2 aromatic carbocycles. The Hall–Kier alpha value is -3.10. The number of hydrogen-bond acceptors (Lipinski definition) is 6. The van der Waals surface area contributed by atoms with Crippen molar-refractivity contribution in [2.75, 3.05) is 25.1 Å². The number of benzene rings is 2. The number of fused-ring (bicyclic) bond motifs is 1. The summed E-state index contributed by atoms with van der Waals surface area (Å²) in [7, 11) is 0. The zero-order chi connectivity index (χ0) is 22.6. The number of carbonyl (C=O) groups excluding carboxylic acids is 1. The maximum atomic E-state index is 11.7. The van der Waals surface area contributed by atoms with Crippen LogP contribution in [0.2, 0.25) is 0 Å². The second-order valence-corrected chi connectivity index (χ2v) is 8.18. The Labute approximate surface area is 186 Å². The van der Waals surface area contributed by atoms with Crippen molar-refractivity contribution in [1.29, 1.82) is 0 Å². The molecule has 0 bridgehead atoms. The van der Waals surface area contributed by atoms with Gasteiger partial charge in [-0.3, -0.25) is 4.79 Å². The standard InChI is InChI=1S/C24H27NO7/c26-17(15-31-21-7-2-6-20-19(21)8-9-22(27)25-20)14-30-18-5-1-4-16(12-18)13-24(23(28)29)10-3-11-32-24/h1-2,4-7,12,17,26H,3,8-11,13-15H2,(H,25,27)(H,28,29). The van der Waals surface area contributed by atoms with Gasteiger partial charge in [0.25, 0.3) is 0 Å². The molecule has 8 nitrogen and oxygen atoms in total. The van der Waals surface area contributed by atoms with E-state index in [1.807, 2.05) is 18.2 Å². The zero-order valence-electron chi connectivity index (χ0n) is 17.7. The van der Waals surface area contributed by atoms with E-state index in [0.29, 0.717) is 37.4 Å². The van der Waals surface area contributed by atoms with E-state index in [-0.39, 0.29) is 25.5 Å². The van der Waals surface area contributed by atoms with Crippen LogP contribution in [0, 0.1) is 0 Å². The van der Waals surface area contributed by atoms with Gasteiger partial charge in [0.2, 0.25) is 5.91 Å². The molecule has 1 amide bonds. The molecule has 1 saturated heterocycles. The van der Waals surface area contributed by atoms with Gasteiger partial charge >= 0.3 is 5.97 Å². The molecule has 170 valence electrons. The normalized spacial score (nSPS) is 20.8. The average Bonchev–Trinajstić information content (AvgIpc) is 3.26. The van der Waals surface area contributed by atoms with Crippen LogP contribution in [0.25, 0.3) is 0 Å². The molecule has 3 N–H and O–H groups in total. The minimum Gasteiger partial charge on any atom is -0.491 e. The molecule has 0 saturated carbocycles. The van der Waals surface area contributed by atoms with Gasteiger partial charge in [-0.2, -0.15) is 0 Å². The van der Waals surface area contributed by atoms with Crippen molar-refractivity contribution in [3.8, 4) is 11.5 Å². The maximum absolute atomic E-state index is 11.7. The molecule has 2 aliphatic rings. The predicted molar refractivity (Wildman–Crippen MR) is 116 cm³/mol. The lowest BCUT2D eigenvalue weighted by molar-refractivity contribution is -0.159. The van der Waals surface area contributed by atoms with Gasteiger partial charge in [-0.15, -0.1) is 0 Å². The highest BCUT2D eigenvalue weighted by atomic mass is 16.5. The second-order valence-electron chi connectivity index (χ2n) is 8.18. The Kier molecular flexibility index (Phi) is 6.62. The van der Waals surface area contributed by atoms with Crippen LogP contribution >= 0.6 is 0 Å². The number of amides is 1. The summed E-state index contributed by atoms with van der Waals surface area (Å²) in [6.45, 7) is 0.515. The third-order valence-corrected chi connectivity index (χ3v) is 5.76. The first-order chi connectivity index (χ1) is 15.4. The minimum atomic E-state index is -1.18. The number of nitrogens with one attached hydrogen (secondary N) is 1. The van der Waals surface area contributed by atoms with E-state index >= 15 is 0 Å². The molecule has 2 atom stereocenters. The van der Waals surface area contributed by atoms with Crippen LogP contribution in [0.1, 0.15) is 30.4 Å². The first kappa shape index (κ1) is 22.1. The lowest BCUT2D eigenvalue weighted by atomic mass is 9.91. The SMILES string of the molecule is O=C1CCc2c(cccc2OCC(O)COc2cccc(CC3(C(=O)O)CCCO3)c2)N1. The molecule has 2 unspecified atom stereocenters. The highest BCUT2D eigenvalue weighted by molar-refractivity contribution is 5.94. The van der Waals surface area contributed by atoms with E-state index < -0.39 is 17.7 Å². The van der Waals surface area contributed by atoms with Crippen molar-refractivity contribution >= 4 is 17.6 Å². The Morgan fingerprint density at radius 2 is 1.97 bits per heavy atom. The first-order valence-electron chi connectivity index (χ1n) is 10.8. The largest absolute Gasteiger partial charge is 0.491 e. The number of aliphatic carboxylic acids is 1. The molecule has 32 heavy (non-hydrogen) atoms. The topological polar surface area (TPSA) is 114 Å². The number of hydrogen-bond donors (Lipinski definition) is 3. The number of rotatable bonds is 9. The molecule has 0 aliphatic carbocycles. The van der Waals surface area contributed by atoms with Gasteiger partial charge < -0.3 is 29.7 Å². The summed E-state index contributed by atoms with van der Waals surface area (Å²) in [6.07, 6.45) is 1.61. The van der Waals surface area contributed by atoms with Crippen molar-refractivity contribution in [2.24, 2.45) is 0 Å². The molecule has 0 aromatic heterocycles. The third-order valence-electron chi connectivity index (χ3n) is 5.76. The number of carboxylic acids is 1. The maximum Gasteiger partial charge on any atom is 0.336 e. The number of anilines is 1. The fourth-order valence-corrected chi connectivity index (χ4v) is 4.11. The highest BCUT2D eigenvalue weighted by Gasteiger charge is 2.42. The van der Waals surface area contributed by atoms with Crippen molar-refractivity contribution in [3.63, 3.8) is 0 Å². The van der Waals surface area contributed by atoms with E-state index in [4.69, 9.17) is 14.2 Å². The number of carbonyl (C=O) groups is 2.